The van der Waals surface area contributed by atoms with Crippen molar-refractivity contribution in [2.75, 3.05) is 0 Å². The molecule has 0 spiro atoms. The summed E-state index contributed by atoms with van der Waals surface area (Å²) >= 11 is 0. The van der Waals surface area contributed by atoms with Crippen LogP contribution < -0.4 is 0 Å². The van der Waals surface area contributed by atoms with Crippen molar-refractivity contribution < 1.29 is 12.6 Å². The van der Waals surface area contributed by atoms with E-state index in [0.717, 1.165) is 0 Å². The highest BCUT2D eigenvalue weighted by molar-refractivity contribution is 6.66. The number of hydrogen-bond donors (Lipinski definition) is 0. The molecule has 1 atom stereocenters. The Morgan fingerprint density at radius 3 is 2.00 bits per heavy atom. The van der Waals surface area contributed by atoms with E-state index < -0.39 is 14.5 Å². The molecule has 4 heteroatoms. The van der Waals surface area contributed by atoms with Gasteiger partial charge in [-0.1, -0.05) is 6.08 Å². The Labute approximate surface area is 47.4 Å². The van der Waals surface area contributed by atoms with Crippen LogP contribution in [0.15, 0.2) is 12.7 Å². The predicted octanol–water partition coefficient (Wildman–Crippen LogP) is 2.06. The fraction of sp³-hybridized carbons (Fsp3) is 0.500. The van der Waals surface area contributed by atoms with Crippen LogP contribution >= 0.6 is 0 Å². The lowest BCUT2D eigenvalue weighted by Gasteiger charge is -2.06. The number of alkyl halides is 1. The van der Waals surface area contributed by atoms with Gasteiger partial charge in [0.15, 0.2) is 5.79 Å². The second-order valence-corrected chi connectivity index (χ2v) is 4.06. The topological polar surface area (TPSA) is 0 Å². The normalized spacial score (nSPS) is 15.5. The molecule has 0 aliphatic heterocycles. The van der Waals surface area contributed by atoms with Gasteiger partial charge in [0.2, 0.25) is 0 Å². The quantitative estimate of drug-likeness (QED) is 0.313. The molecule has 0 nitrogen and oxygen atoms in total. The van der Waals surface area contributed by atoms with Crippen molar-refractivity contribution in [2.24, 2.45) is 0 Å². The van der Waals surface area contributed by atoms with Gasteiger partial charge in [-0.3, -0.25) is 8.22 Å². The van der Waals surface area contributed by atoms with Gasteiger partial charge in [0.25, 0.3) is 0 Å². The van der Waals surface area contributed by atoms with Crippen LogP contribution in [0.25, 0.3) is 0 Å². The Morgan fingerprint density at radius 2 is 2.00 bits per heavy atom. The molecule has 0 heterocycles. The molecule has 0 aliphatic rings. The van der Waals surface area contributed by atoms with E-state index in [1.165, 1.54) is 0 Å². The Morgan fingerprint density at radius 1 is 1.62 bits per heavy atom. The van der Waals surface area contributed by atoms with Crippen molar-refractivity contribution in [3.8, 4) is 0 Å². The summed E-state index contributed by atoms with van der Waals surface area (Å²) in [5.74, 6) is -2.08. The standard InChI is InChI=1S/C4H7F3Si/c1-3-4(5)8(2,6)7/h3-4H,1H2,2H3. The zero-order valence-electron chi connectivity index (χ0n) is 4.50. The maximum Gasteiger partial charge on any atom is 0.458 e. The van der Waals surface area contributed by atoms with E-state index in [0.29, 0.717) is 12.6 Å². The van der Waals surface area contributed by atoms with Crippen LogP contribution in [0.3, 0.4) is 0 Å². The highest BCUT2D eigenvalue weighted by Gasteiger charge is 2.37. The van der Waals surface area contributed by atoms with E-state index >= 15 is 0 Å². The molecular formula is C4H7F3Si. The molecule has 0 aromatic rings. The number of rotatable bonds is 2. The minimum atomic E-state index is -4.55. The highest BCUT2D eigenvalue weighted by Crippen LogP contribution is 2.15. The first kappa shape index (κ1) is 7.75. The van der Waals surface area contributed by atoms with Crippen molar-refractivity contribution in [1.82, 2.24) is 0 Å². The molecule has 0 aromatic heterocycles. The molecule has 0 amide bonds. The Hall–Kier alpha value is -0.253. The molecule has 0 radical (unpaired) electrons. The van der Waals surface area contributed by atoms with Gasteiger partial charge in [-0.05, 0) is 6.55 Å². The fourth-order valence-corrected chi connectivity index (χ4v) is 0.621. The largest absolute Gasteiger partial charge is 0.458 e. The third-order valence-corrected chi connectivity index (χ3v) is 1.90. The zero-order valence-corrected chi connectivity index (χ0v) is 5.50. The second-order valence-electron chi connectivity index (χ2n) is 1.59. The molecule has 0 aromatic carbocycles. The number of halogens is 3. The third kappa shape index (κ3) is 2.16. The van der Waals surface area contributed by atoms with Crippen molar-refractivity contribution in [3.05, 3.63) is 12.7 Å². The predicted molar refractivity (Wildman–Crippen MR) is 28.9 cm³/mol. The summed E-state index contributed by atoms with van der Waals surface area (Å²) in [4.78, 5) is 0. The van der Waals surface area contributed by atoms with Crippen molar-refractivity contribution >= 4 is 8.74 Å². The summed E-state index contributed by atoms with van der Waals surface area (Å²) in [6, 6.07) is 0. The Bertz CT molecular complexity index is 85.8. The number of allylic oxidation sites excluding steroid dienone is 1. The maximum atomic E-state index is 11.8. The van der Waals surface area contributed by atoms with Crippen LogP contribution in [0, 0.1) is 0 Å². The van der Waals surface area contributed by atoms with Gasteiger partial charge in [0, 0.05) is 0 Å². The molecule has 8 heavy (non-hydrogen) atoms. The summed E-state index contributed by atoms with van der Waals surface area (Å²) in [7, 11) is -4.55. The van der Waals surface area contributed by atoms with E-state index in [-0.39, 0.29) is 0 Å². The fourth-order valence-electron chi connectivity index (χ4n) is 0.207. The van der Waals surface area contributed by atoms with Crippen LogP contribution in [0.4, 0.5) is 12.6 Å². The van der Waals surface area contributed by atoms with Crippen LogP contribution in [0.5, 0.6) is 0 Å². The minimum absolute atomic E-state index is 0.645. The third-order valence-electron chi connectivity index (χ3n) is 0.691. The van der Waals surface area contributed by atoms with Crippen molar-refractivity contribution in [2.45, 2.75) is 12.3 Å². The summed E-state index contributed by atoms with van der Waals surface area (Å²) < 4.78 is 35.5. The first-order valence-corrected chi connectivity index (χ1v) is 4.46. The van der Waals surface area contributed by atoms with E-state index in [1.807, 2.05) is 0 Å². The molecule has 0 saturated carbocycles. The first-order valence-electron chi connectivity index (χ1n) is 2.13. The molecule has 0 N–H and O–H groups in total. The lowest BCUT2D eigenvalue weighted by Crippen LogP contribution is -2.30. The maximum absolute atomic E-state index is 11.8. The van der Waals surface area contributed by atoms with Crippen LogP contribution in [0.2, 0.25) is 6.55 Å². The molecule has 0 aliphatic carbocycles. The van der Waals surface area contributed by atoms with Crippen LogP contribution in [0.1, 0.15) is 0 Å². The lowest BCUT2D eigenvalue weighted by molar-refractivity contribution is 0.423. The molecular weight excluding hydrogens is 133 g/mol. The highest BCUT2D eigenvalue weighted by atomic mass is 28.4. The number of hydrogen-bond acceptors (Lipinski definition) is 0. The molecule has 0 saturated heterocycles. The Kier molecular flexibility index (Phi) is 2.27. The summed E-state index contributed by atoms with van der Waals surface area (Å²) in [5, 5.41) is 0. The smallest absolute Gasteiger partial charge is 0.267 e. The van der Waals surface area contributed by atoms with Crippen molar-refractivity contribution in [1.29, 1.82) is 0 Å². The molecule has 0 rings (SSSR count). The van der Waals surface area contributed by atoms with E-state index in [4.69, 9.17) is 0 Å². The van der Waals surface area contributed by atoms with Gasteiger partial charge < -0.3 is 0 Å². The monoisotopic (exact) mass is 140 g/mol. The van der Waals surface area contributed by atoms with Gasteiger partial charge in [0.1, 0.15) is 0 Å². The van der Waals surface area contributed by atoms with Gasteiger partial charge in [0.05, 0.1) is 0 Å². The van der Waals surface area contributed by atoms with Gasteiger partial charge in [-0.25, -0.2) is 4.39 Å². The molecule has 48 valence electrons. The van der Waals surface area contributed by atoms with E-state index in [1.54, 1.807) is 0 Å². The minimum Gasteiger partial charge on any atom is -0.267 e. The zero-order chi connectivity index (χ0) is 6.78. The molecule has 0 fully saturated rings. The van der Waals surface area contributed by atoms with E-state index in [2.05, 4.69) is 6.58 Å². The van der Waals surface area contributed by atoms with Gasteiger partial charge in [-0.15, -0.1) is 6.58 Å². The first-order chi connectivity index (χ1) is 3.48. The summed E-state index contributed by atoms with van der Waals surface area (Å²) in [6.07, 6.45) is 0.645. The van der Waals surface area contributed by atoms with E-state index in [9.17, 15) is 12.6 Å². The molecule has 0 bridgehead atoms. The average Bonchev–Trinajstić information content (AvgIpc) is 1.62. The molecule has 1 unspecified atom stereocenters. The Balaban J connectivity index is 3.80. The average molecular weight is 140 g/mol. The van der Waals surface area contributed by atoms with Gasteiger partial charge >= 0.3 is 8.74 Å². The van der Waals surface area contributed by atoms with Crippen LogP contribution in [-0.4, -0.2) is 14.5 Å². The second kappa shape index (κ2) is 2.35. The summed E-state index contributed by atoms with van der Waals surface area (Å²) in [6.45, 7) is 3.56. The lowest BCUT2D eigenvalue weighted by atomic mass is 10.7. The van der Waals surface area contributed by atoms with Gasteiger partial charge in [-0.2, -0.15) is 0 Å². The van der Waals surface area contributed by atoms with Crippen LogP contribution in [-0.2, 0) is 0 Å². The summed E-state index contributed by atoms with van der Waals surface area (Å²) in [5.41, 5.74) is 0. The SMILES string of the molecule is C=CC(F)[Si](C)(F)F. The van der Waals surface area contributed by atoms with Crippen molar-refractivity contribution in [3.63, 3.8) is 0 Å².